The van der Waals surface area contributed by atoms with E-state index >= 15 is 0 Å². The largest absolute Gasteiger partial charge is 0.355 e. The van der Waals surface area contributed by atoms with E-state index in [-0.39, 0.29) is 5.92 Å². The molecule has 1 aromatic heterocycles. The zero-order chi connectivity index (χ0) is 17.1. The lowest BCUT2D eigenvalue weighted by molar-refractivity contribution is -0.136. The van der Waals surface area contributed by atoms with Crippen LogP contribution in [0.5, 0.6) is 0 Å². The average Bonchev–Trinajstić information content (AvgIpc) is 2.97. The van der Waals surface area contributed by atoms with Crippen LogP contribution >= 0.6 is 0 Å². The van der Waals surface area contributed by atoms with Gasteiger partial charge in [-0.15, -0.1) is 0 Å². The topological polar surface area (TPSA) is 49.3 Å². The number of anilines is 1. The Bertz CT molecular complexity index is 731. The maximum atomic E-state index is 12.8. The highest BCUT2D eigenvalue weighted by Gasteiger charge is 2.29. The van der Waals surface area contributed by atoms with Crippen molar-refractivity contribution in [3.05, 3.63) is 30.5 Å². The van der Waals surface area contributed by atoms with Gasteiger partial charge in [-0.3, -0.25) is 9.78 Å². The SMILES string of the molecule is O=C(C1CCN(c2cnc3ccccc3n2)CC1)N1CCCCCC1. The summed E-state index contributed by atoms with van der Waals surface area (Å²) in [5, 5.41) is 0. The monoisotopic (exact) mass is 338 g/mol. The van der Waals surface area contributed by atoms with E-state index < -0.39 is 0 Å². The highest BCUT2D eigenvalue weighted by molar-refractivity contribution is 5.79. The molecule has 0 aliphatic carbocycles. The summed E-state index contributed by atoms with van der Waals surface area (Å²) < 4.78 is 0. The van der Waals surface area contributed by atoms with Gasteiger partial charge in [0.15, 0.2) is 0 Å². The molecule has 0 saturated carbocycles. The Hall–Kier alpha value is -2.17. The lowest BCUT2D eigenvalue weighted by atomic mass is 9.95. The van der Waals surface area contributed by atoms with Crippen molar-refractivity contribution >= 4 is 22.8 Å². The Morgan fingerprint density at radius 2 is 1.60 bits per heavy atom. The van der Waals surface area contributed by atoms with Crippen LogP contribution < -0.4 is 4.90 Å². The number of hydrogen-bond acceptors (Lipinski definition) is 4. The van der Waals surface area contributed by atoms with Crippen molar-refractivity contribution in [1.82, 2.24) is 14.9 Å². The van der Waals surface area contributed by atoms with Crippen molar-refractivity contribution in [3.8, 4) is 0 Å². The van der Waals surface area contributed by atoms with E-state index in [1.54, 1.807) is 0 Å². The van der Waals surface area contributed by atoms with Gasteiger partial charge in [0.1, 0.15) is 5.82 Å². The average molecular weight is 338 g/mol. The number of benzene rings is 1. The van der Waals surface area contributed by atoms with Gasteiger partial charge in [0.25, 0.3) is 0 Å². The zero-order valence-electron chi connectivity index (χ0n) is 14.7. The number of carbonyl (C=O) groups is 1. The molecule has 2 aliphatic heterocycles. The highest BCUT2D eigenvalue weighted by atomic mass is 16.2. The van der Waals surface area contributed by atoms with Crippen LogP contribution in [0.1, 0.15) is 38.5 Å². The number of rotatable bonds is 2. The van der Waals surface area contributed by atoms with E-state index in [1.807, 2.05) is 30.5 Å². The number of nitrogens with zero attached hydrogens (tertiary/aromatic N) is 4. The standard InChI is InChI=1S/C20H26N4O/c25-20(24-11-5-1-2-6-12-24)16-9-13-23(14-10-16)19-15-21-17-7-3-4-8-18(17)22-19/h3-4,7-8,15-16H,1-2,5-6,9-14H2. The summed E-state index contributed by atoms with van der Waals surface area (Å²) in [6.07, 6.45) is 8.56. The number of para-hydroxylation sites is 2. The second kappa shape index (κ2) is 7.38. The Labute approximate surface area is 149 Å². The first-order valence-electron chi connectivity index (χ1n) is 9.57. The third kappa shape index (κ3) is 3.60. The molecule has 25 heavy (non-hydrogen) atoms. The molecule has 0 spiro atoms. The number of aromatic nitrogens is 2. The van der Waals surface area contributed by atoms with Crippen molar-refractivity contribution in [1.29, 1.82) is 0 Å². The van der Waals surface area contributed by atoms with Gasteiger partial charge in [-0.05, 0) is 37.8 Å². The van der Waals surface area contributed by atoms with E-state index in [1.165, 1.54) is 12.8 Å². The van der Waals surface area contributed by atoms with Gasteiger partial charge in [0.05, 0.1) is 17.2 Å². The molecular weight excluding hydrogens is 312 g/mol. The van der Waals surface area contributed by atoms with Crippen molar-refractivity contribution in [2.75, 3.05) is 31.1 Å². The van der Waals surface area contributed by atoms with E-state index in [4.69, 9.17) is 4.98 Å². The number of piperidine rings is 1. The summed E-state index contributed by atoms with van der Waals surface area (Å²) in [5.41, 5.74) is 1.86. The van der Waals surface area contributed by atoms with Crippen LogP contribution in [0.4, 0.5) is 5.82 Å². The number of fused-ring (bicyclic) bond motifs is 1. The molecule has 4 rings (SSSR count). The van der Waals surface area contributed by atoms with Crippen LogP contribution in [0.2, 0.25) is 0 Å². The molecule has 1 aromatic carbocycles. The molecule has 2 aliphatic rings. The van der Waals surface area contributed by atoms with Crippen LogP contribution in [0.25, 0.3) is 11.0 Å². The quantitative estimate of drug-likeness (QED) is 0.843. The van der Waals surface area contributed by atoms with Gasteiger partial charge in [-0.1, -0.05) is 25.0 Å². The fourth-order valence-corrected chi connectivity index (χ4v) is 4.00. The molecule has 132 valence electrons. The first-order valence-corrected chi connectivity index (χ1v) is 9.57. The third-order valence-electron chi connectivity index (χ3n) is 5.52. The number of amides is 1. The minimum absolute atomic E-state index is 0.183. The summed E-state index contributed by atoms with van der Waals surface area (Å²) >= 11 is 0. The van der Waals surface area contributed by atoms with E-state index in [9.17, 15) is 4.79 Å². The molecule has 0 atom stereocenters. The minimum atomic E-state index is 0.183. The molecule has 0 unspecified atom stereocenters. The third-order valence-corrected chi connectivity index (χ3v) is 5.52. The molecule has 0 radical (unpaired) electrons. The number of carbonyl (C=O) groups excluding carboxylic acids is 1. The van der Waals surface area contributed by atoms with Crippen LogP contribution in [-0.2, 0) is 4.79 Å². The molecule has 0 N–H and O–H groups in total. The van der Waals surface area contributed by atoms with E-state index in [0.29, 0.717) is 5.91 Å². The summed E-state index contributed by atoms with van der Waals surface area (Å²) in [6, 6.07) is 7.96. The lowest BCUT2D eigenvalue weighted by Gasteiger charge is -2.34. The smallest absolute Gasteiger partial charge is 0.225 e. The van der Waals surface area contributed by atoms with Gasteiger partial charge in [-0.25, -0.2) is 4.98 Å². The molecule has 5 heteroatoms. The number of hydrogen-bond donors (Lipinski definition) is 0. The maximum Gasteiger partial charge on any atom is 0.225 e. The summed E-state index contributed by atoms with van der Waals surface area (Å²) in [7, 11) is 0. The van der Waals surface area contributed by atoms with Gasteiger partial charge in [0.2, 0.25) is 5.91 Å². The predicted molar refractivity (Wildman–Crippen MR) is 99.5 cm³/mol. The molecule has 3 heterocycles. The molecule has 1 amide bonds. The van der Waals surface area contributed by atoms with E-state index in [0.717, 1.165) is 68.7 Å². The zero-order valence-corrected chi connectivity index (χ0v) is 14.7. The second-order valence-corrected chi connectivity index (χ2v) is 7.22. The molecule has 0 bridgehead atoms. The Kier molecular flexibility index (Phi) is 4.81. The number of likely N-dealkylation sites (tertiary alicyclic amines) is 1. The first-order chi connectivity index (χ1) is 12.3. The highest BCUT2D eigenvalue weighted by Crippen LogP contribution is 2.25. The van der Waals surface area contributed by atoms with Gasteiger partial charge in [-0.2, -0.15) is 0 Å². The predicted octanol–water partition coefficient (Wildman–Crippen LogP) is 3.25. The fourth-order valence-electron chi connectivity index (χ4n) is 4.00. The lowest BCUT2D eigenvalue weighted by Crippen LogP contribution is -2.43. The molecule has 2 aromatic rings. The first kappa shape index (κ1) is 16.3. The summed E-state index contributed by atoms with van der Waals surface area (Å²) in [6.45, 7) is 3.68. The van der Waals surface area contributed by atoms with Crippen LogP contribution in [0.3, 0.4) is 0 Å². The summed E-state index contributed by atoms with van der Waals surface area (Å²) in [5.74, 6) is 1.49. The molecule has 2 fully saturated rings. The van der Waals surface area contributed by atoms with Crippen LogP contribution in [0.15, 0.2) is 30.5 Å². The van der Waals surface area contributed by atoms with Crippen molar-refractivity contribution < 1.29 is 4.79 Å². The van der Waals surface area contributed by atoms with Crippen molar-refractivity contribution in [2.45, 2.75) is 38.5 Å². The summed E-state index contributed by atoms with van der Waals surface area (Å²) in [4.78, 5) is 26.4. The van der Waals surface area contributed by atoms with Gasteiger partial charge < -0.3 is 9.80 Å². The Morgan fingerprint density at radius 1 is 0.920 bits per heavy atom. The fraction of sp³-hybridized carbons (Fsp3) is 0.550. The van der Waals surface area contributed by atoms with Gasteiger partial charge >= 0.3 is 0 Å². The van der Waals surface area contributed by atoms with Crippen molar-refractivity contribution in [3.63, 3.8) is 0 Å². The van der Waals surface area contributed by atoms with Crippen molar-refractivity contribution in [2.24, 2.45) is 5.92 Å². The molecular formula is C20H26N4O. The van der Waals surface area contributed by atoms with Crippen LogP contribution in [0, 0.1) is 5.92 Å². The minimum Gasteiger partial charge on any atom is -0.355 e. The Balaban J connectivity index is 1.39. The van der Waals surface area contributed by atoms with E-state index in [2.05, 4.69) is 14.8 Å². The molecule has 2 saturated heterocycles. The van der Waals surface area contributed by atoms with Gasteiger partial charge in [0, 0.05) is 32.1 Å². The maximum absolute atomic E-state index is 12.8. The van der Waals surface area contributed by atoms with Crippen LogP contribution in [-0.4, -0.2) is 47.0 Å². The second-order valence-electron chi connectivity index (χ2n) is 7.22. The Morgan fingerprint density at radius 3 is 2.32 bits per heavy atom. The normalized spacial score (nSPS) is 19.8. The molecule has 5 nitrogen and oxygen atoms in total.